The van der Waals surface area contributed by atoms with Gasteiger partial charge in [0.1, 0.15) is 5.76 Å². The lowest BCUT2D eigenvalue weighted by atomic mass is 10.0. The molecule has 39 heavy (non-hydrogen) atoms. The summed E-state index contributed by atoms with van der Waals surface area (Å²) < 4.78 is 31.8. The second-order valence-corrected chi connectivity index (χ2v) is 11.2. The van der Waals surface area contributed by atoms with Crippen LogP contribution in [0.1, 0.15) is 90.9 Å². The van der Waals surface area contributed by atoms with E-state index in [-0.39, 0.29) is 18.9 Å². The van der Waals surface area contributed by atoms with Crippen molar-refractivity contribution in [1.29, 1.82) is 0 Å². The maximum atomic E-state index is 12.9. The fourth-order valence-corrected chi connectivity index (χ4v) is 5.36. The number of fused-ring (bicyclic) bond motifs is 1. The molecule has 4 rings (SSSR count). The van der Waals surface area contributed by atoms with Gasteiger partial charge in [0, 0.05) is 36.8 Å². The third-order valence-electron chi connectivity index (χ3n) is 7.17. The van der Waals surface area contributed by atoms with Gasteiger partial charge in [-0.3, -0.25) is 13.8 Å². The molecule has 1 amide bonds. The van der Waals surface area contributed by atoms with E-state index in [4.69, 9.17) is 14.5 Å². The van der Waals surface area contributed by atoms with Crippen molar-refractivity contribution in [2.24, 2.45) is 0 Å². The lowest BCUT2D eigenvalue weighted by Gasteiger charge is -2.24. The number of hydrogen-bond acceptors (Lipinski definition) is 6. The van der Waals surface area contributed by atoms with E-state index in [1.807, 2.05) is 37.3 Å². The highest BCUT2D eigenvalue weighted by atomic mass is 32.2. The van der Waals surface area contributed by atoms with Gasteiger partial charge in [0.2, 0.25) is 5.71 Å². The quantitative estimate of drug-likeness (QED) is 0.188. The van der Waals surface area contributed by atoms with Crippen LogP contribution in [-0.2, 0) is 22.6 Å². The molecule has 2 heterocycles. The van der Waals surface area contributed by atoms with Crippen LogP contribution in [0.25, 0.3) is 22.4 Å². The van der Waals surface area contributed by atoms with Crippen molar-refractivity contribution in [3.63, 3.8) is 0 Å². The molecule has 3 aromatic rings. The monoisotopic (exact) mass is 554 g/mol. The minimum absolute atomic E-state index is 0.145. The summed E-state index contributed by atoms with van der Waals surface area (Å²) in [6, 6.07) is 9.71. The molecule has 2 N–H and O–H groups in total. The van der Waals surface area contributed by atoms with Gasteiger partial charge in [0.15, 0.2) is 0 Å². The summed E-state index contributed by atoms with van der Waals surface area (Å²) in [5.41, 5.74) is 4.26. The van der Waals surface area contributed by atoms with Gasteiger partial charge in [-0.15, -0.1) is 0 Å². The summed E-state index contributed by atoms with van der Waals surface area (Å²) in [4.78, 5) is 28.3. The Kier molecular flexibility index (Phi) is 9.88. The Morgan fingerprint density at radius 1 is 1.13 bits per heavy atom. The van der Waals surface area contributed by atoms with Gasteiger partial charge in [-0.1, -0.05) is 55.5 Å². The van der Waals surface area contributed by atoms with Gasteiger partial charge in [-0.2, -0.15) is 0 Å². The largest absolute Gasteiger partial charge is 0.760 e. The molecular formula is C29H36N3O6S-. The van der Waals surface area contributed by atoms with Crippen molar-refractivity contribution in [2.75, 3.05) is 13.6 Å². The third-order valence-corrected chi connectivity index (χ3v) is 7.90. The number of unbranched alkanes of at least 4 members (excludes halogenated alkanes) is 5. The minimum atomic E-state index is -2.41. The number of carbonyl (C=O) groups is 2. The Bertz CT molecular complexity index is 1330. The summed E-state index contributed by atoms with van der Waals surface area (Å²) in [6.07, 6.45) is 7.19. The van der Waals surface area contributed by atoms with E-state index in [0.717, 1.165) is 55.2 Å². The first-order chi connectivity index (χ1) is 18.8. The molecule has 1 aliphatic rings. The number of aromatic nitrogens is 1. The molecule has 10 heteroatoms. The molecule has 1 aromatic carbocycles. The summed E-state index contributed by atoms with van der Waals surface area (Å²) in [5, 5.41) is 12.1. The Morgan fingerprint density at radius 2 is 1.79 bits per heavy atom. The first-order valence-corrected chi connectivity index (χ1v) is 14.6. The van der Waals surface area contributed by atoms with Crippen molar-refractivity contribution in [1.82, 2.24) is 14.6 Å². The van der Waals surface area contributed by atoms with Crippen molar-refractivity contribution in [3.05, 3.63) is 52.7 Å². The molecule has 1 aliphatic carbocycles. The zero-order valence-electron chi connectivity index (χ0n) is 22.5. The first kappa shape index (κ1) is 28.9. The number of furan rings is 1. The van der Waals surface area contributed by atoms with Crippen LogP contribution in [0.3, 0.4) is 0 Å². The molecule has 1 saturated carbocycles. The Morgan fingerprint density at radius 3 is 2.41 bits per heavy atom. The van der Waals surface area contributed by atoms with Crippen LogP contribution >= 0.6 is 0 Å². The molecule has 210 valence electrons. The van der Waals surface area contributed by atoms with Crippen molar-refractivity contribution in [2.45, 2.75) is 77.2 Å². The lowest BCUT2D eigenvalue weighted by Crippen LogP contribution is -2.27. The number of nitrogens with one attached hydrogen (secondary N) is 1. The normalized spacial score (nSPS) is 14.2. The number of aryl methyl sites for hydroxylation is 1. The van der Waals surface area contributed by atoms with Gasteiger partial charge in [0.05, 0.1) is 23.2 Å². The maximum Gasteiger partial charge on any atom is 0.303 e. The Balaban J connectivity index is 1.54. The molecule has 1 unspecified atom stereocenters. The molecule has 0 bridgehead atoms. The number of benzene rings is 1. The van der Waals surface area contributed by atoms with Gasteiger partial charge < -0.3 is 19.4 Å². The number of amides is 1. The van der Waals surface area contributed by atoms with Crippen molar-refractivity contribution in [3.8, 4) is 11.3 Å². The lowest BCUT2D eigenvalue weighted by molar-refractivity contribution is -0.137. The number of carboxylic acid groups (broad SMARTS) is 1. The Labute approximate surface area is 231 Å². The van der Waals surface area contributed by atoms with E-state index in [9.17, 15) is 18.4 Å². The van der Waals surface area contributed by atoms with Crippen molar-refractivity contribution < 1.29 is 27.9 Å². The highest BCUT2D eigenvalue weighted by molar-refractivity contribution is 7.76. The number of pyridine rings is 1. The summed E-state index contributed by atoms with van der Waals surface area (Å²) in [6.45, 7) is 2.52. The second kappa shape index (κ2) is 13.3. The molecule has 0 saturated heterocycles. The van der Waals surface area contributed by atoms with Crippen LogP contribution in [0, 0.1) is 6.92 Å². The average molecular weight is 555 g/mol. The predicted molar refractivity (Wildman–Crippen MR) is 149 cm³/mol. The number of carboxylic acids is 1. The van der Waals surface area contributed by atoms with Gasteiger partial charge in [-0.25, -0.2) is 9.29 Å². The Hall–Kier alpha value is -3.08. The molecule has 2 aromatic heterocycles. The van der Waals surface area contributed by atoms with Crippen LogP contribution in [0.4, 0.5) is 0 Å². The van der Waals surface area contributed by atoms with E-state index in [1.165, 1.54) is 4.31 Å². The van der Waals surface area contributed by atoms with Crippen LogP contribution in [0.15, 0.2) is 34.7 Å². The van der Waals surface area contributed by atoms with E-state index in [1.54, 1.807) is 7.05 Å². The first-order valence-electron chi connectivity index (χ1n) is 13.6. The van der Waals surface area contributed by atoms with Gasteiger partial charge >= 0.3 is 5.97 Å². The predicted octanol–water partition coefficient (Wildman–Crippen LogP) is 5.45. The number of hydrogen-bond donors (Lipinski definition) is 2. The molecule has 0 aliphatic heterocycles. The molecule has 0 radical (unpaired) electrons. The number of aliphatic carboxylic acids is 1. The summed E-state index contributed by atoms with van der Waals surface area (Å²) in [5.74, 6) is -0.291. The van der Waals surface area contributed by atoms with E-state index >= 15 is 0 Å². The number of rotatable bonds is 15. The molecule has 1 atom stereocenters. The zero-order chi connectivity index (χ0) is 27.9. The zero-order valence-corrected chi connectivity index (χ0v) is 23.3. The van der Waals surface area contributed by atoms with Gasteiger partial charge in [-0.05, 0) is 50.2 Å². The molecule has 1 fully saturated rings. The topological polar surface area (TPSA) is 136 Å². The third kappa shape index (κ3) is 7.52. The molecular weight excluding hydrogens is 518 g/mol. The fraction of sp³-hybridized carbons (Fsp3) is 0.483. The number of nitrogens with zero attached hydrogens (tertiary/aromatic N) is 2. The van der Waals surface area contributed by atoms with Crippen LogP contribution in [-0.4, -0.2) is 48.6 Å². The number of carbonyl (C=O) groups excluding carboxylic acids is 1. The fourth-order valence-electron chi connectivity index (χ4n) is 4.85. The standard InChI is InChI=1S/C29H37N3O6S/c1-19-10-12-21(13-11-19)27-26(28(35)30-2)23-17-22(20-14-15-20)24(31-29(23)38-27)18-32(39(36)37)16-8-6-4-3-5-7-9-25(33)34/h10-13,17,20H,3-9,14-16,18H2,1-2H3,(H,30,35)(H,33,34)(H,36,37)/p-1. The average Bonchev–Trinajstić information content (AvgIpc) is 3.69. The molecule has 9 nitrogen and oxygen atoms in total. The van der Waals surface area contributed by atoms with Crippen LogP contribution in [0.2, 0.25) is 0 Å². The smallest absolute Gasteiger partial charge is 0.303 e. The highest BCUT2D eigenvalue weighted by Crippen LogP contribution is 2.44. The minimum Gasteiger partial charge on any atom is -0.760 e. The van der Waals surface area contributed by atoms with E-state index < -0.39 is 17.2 Å². The highest BCUT2D eigenvalue weighted by Gasteiger charge is 2.31. The van der Waals surface area contributed by atoms with E-state index in [0.29, 0.717) is 53.4 Å². The van der Waals surface area contributed by atoms with Crippen LogP contribution < -0.4 is 5.32 Å². The van der Waals surface area contributed by atoms with E-state index in [2.05, 4.69) is 5.32 Å². The van der Waals surface area contributed by atoms with Crippen LogP contribution in [0.5, 0.6) is 0 Å². The second-order valence-electron chi connectivity index (χ2n) is 10.2. The SMILES string of the molecule is CNC(=O)c1c(-c2ccc(C)cc2)oc2nc(CN(CCCCCCCCC(=O)O)S(=O)[O-])c(C3CC3)cc12. The summed E-state index contributed by atoms with van der Waals surface area (Å²) in [7, 11) is 1.58. The molecule has 0 spiro atoms. The maximum absolute atomic E-state index is 12.9. The van der Waals surface area contributed by atoms with Crippen molar-refractivity contribution >= 4 is 34.2 Å². The van der Waals surface area contributed by atoms with Gasteiger partial charge in [0.25, 0.3) is 5.91 Å². The summed E-state index contributed by atoms with van der Waals surface area (Å²) >= 11 is -2.41.